The average molecular weight is 305 g/mol. The van der Waals surface area contributed by atoms with Gasteiger partial charge in [-0.3, -0.25) is 0 Å². The van der Waals surface area contributed by atoms with Crippen LogP contribution in [0.5, 0.6) is 0 Å². The number of aryl methyl sites for hydroxylation is 1. The molecule has 3 N–H and O–H groups in total. The van der Waals surface area contributed by atoms with Crippen molar-refractivity contribution in [2.45, 2.75) is 31.8 Å². The number of H-pyrrole nitrogens is 1. The minimum absolute atomic E-state index is 0.160. The standard InChI is InChI=1S/C10H14N2O4Se/c1-5-3-12(10(17)11-9(5)15)8-2-6(14)7(4-13)16-8/h3,6-8,13-14H,2,4H2,1H3,(H,11,15,17)/t6-,7-,8-/m1/s1. The molecule has 17 heavy (non-hydrogen) atoms. The van der Waals surface area contributed by atoms with E-state index in [1.807, 2.05) is 0 Å². The van der Waals surface area contributed by atoms with E-state index in [1.54, 1.807) is 17.7 Å². The van der Waals surface area contributed by atoms with Crippen molar-refractivity contribution in [2.24, 2.45) is 0 Å². The van der Waals surface area contributed by atoms with E-state index in [2.05, 4.69) is 20.6 Å². The second kappa shape index (κ2) is 4.88. The van der Waals surface area contributed by atoms with E-state index >= 15 is 0 Å². The van der Waals surface area contributed by atoms with Crippen LogP contribution in [0, 0.1) is 11.2 Å². The van der Waals surface area contributed by atoms with Crippen LogP contribution in [0.2, 0.25) is 0 Å². The summed E-state index contributed by atoms with van der Waals surface area (Å²) in [6.07, 6.45) is 0.412. The van der Waals surface area contributed by atoms with E-state index < -0.39 is 12.2 Å². The Morgan fingerprint density at radius 1 is 1.71 bits per heavy atom. The van der Waals surface area contributed by atoms with E-state index in [9.17, 15) is 9.90 Å². The molecule has 0 bridgehead atoms. The molecule has 1 saturated heterocycles. The van der Waals surface area contributed by atoms with Crippen LogP contribution in [0.15, 0.2) is 11.0 Å². The first-order valence-corrected chi connectivity index (χ1v) is 6.15. The summed E-state index contributed by atoms with van der Waals surface area (Å²) < 4.78 is 7.76. The van der Waals surface area contributed by atoms with Crippen molar-refractivity contribution in [3.63, 3.8) is 0 Å². The molecule has 2 rings (SSSR count). The molecule has 1 aromatic rings. The van der Waals surface area contributed by atoms with Crippen LogP contribution in [0.4, 0.5) is 0 Å². The van der Waals surface area contributed by atoms with Gasteiger partial charge < -0.3 is 0 Å². The topological polar surface area (TPSA) is 87.5 Å². The van der Waals surface area contributed by atoms with Gasteiger partial charge in [-0.15, -0.1) is 0 Å². The summed E-state index contributed by atoms with van der Waals surface area (Å²) in [6, 6.07) is 0. The Morgan fingerprint density at radius 3 is 3.00 bits per heavy atom. The van der Waals surface area contributed by atoms with Gasteiger partial charge in [0.25, 0.3) is 0 Å². The zero-order chi connectivity index (χ0) is 12.6. The Bertz CT molecular complexity index is 524. The number of nitrogens with one attached hydrogen (secondary N) is 1. The summed E-state index contributed by atoms with van der Waals surface area (Å²) in [5.74, 6) is 0. The molecule has 0 unspecified atom stereocenters. The molecule has 1 aliphatic heterocycles. The predicted octanol–water partition coefficient (Wildman–Crippen LogP) is -1.17. The maximum absolute atomic E-state index is 11.4. The van der Waals surface area contributed by atoms with Crippen molar-refractivity contribution < 1.29 is 14.9 Å². The van der Waals surface area contributed by atoms with Crippen LogP contribution in [-0.2, 0) is 4.74 Å². The van der Waals surface area contributed by atoms with Crippen LogP contribution in [-0.4, -0.2) is 54.2 Å². The molecule has 0 aliphatic carbocycles. The van der Waals surface area contributed by atoms with Gasteiger partial charge in [0, 0.05) is 0 Å². The van der Waals surface area contributed by atoms with E-state index in [4.69, 9.17) is 9.84 Å². The number of aliphatic hydroxyl groups excluding tert-OH is 2. The fraction of sp³-hybridized carbons (Fsp3) is 0.600. The molecule has 1 aliphatic rings. The molecule has 3 atom stereocenters. The Morgan fingerprint density at radius 2 is 2.41 bits per heavy atom. The SMILES string of the molecule is Cc1cn([C@H]2C[C@@H](O)[C@@H](CO)O2)c(=[Se])[nH]c1=O. The molecular formula is C10H14N2O4Se. The molecular weight excluding hydrogens is 291 g/mol. The second-order valence-electron chi connectivity index (χ2n) is 4.09. The summed E-state index contributed by atoms with van der Waals surface area (Å²) in [5, 5.41) is 18.7. The molecule has 0 saturated carbocycles. The van der Waals surface area contributed by atoms with Gasteiger partial charge in [0.2, 0.25) is 0 Å². The number of hydrogen-bond acceptors (Lipinski definition) is 4. The molecule has 0 radical (unpaired) electrons. The molecule has 1 fully saturated rings. The Kier molecular flexibility index (Phi) is 3.65. The summed E-state index contributed by atoms with van der Waals surface area (Å²) in [6.45, 7) is 1.48. The fourth-order valence-electron chi connectivity index (χ4n) is 1.85. The van der Waals surface area contributed by atoms with Crippen molar-refractivity contribution in [2.75, 3.05) is 6.61 Å². The van der Waals surface area contributed by atoms with Crippen molar-refractivity contribution in [3.8, 4) is 0 Å². The first kappa shape index (κ1) is 12.7. The zero-order valence-electron chi connectivity index (χ0n) is 9.29. The molecule has 1 aromatic heterocycles. The fourth-order valence-corrected chi connectivity index (χ4v) is 2.40. The first-order chi connectivity index (χ1) is 8.02. The van der Waals surface area contributed by atoms with Gasteiger partial charge in [-0.1, -0.05) is 0 Å². The number of ether oxygens (including phenoxy) is 1. The van der Waals surface area contributed by atoms with Crippen LogP contribution in [0.1, 0.15) is 18.2 Å². The van der Waals surface area contributed by atoms with Crippen LogP contribution >= 0.6 is 0 Å². The average Bonchev–Trinajstić information content (AvgIpc) is 2.65. The number of aliphatic hydroxyl groups is 2. The molecule has 2 heterocycles. The van der Waals surface area contributed by atoms with Gasteiger partial charge in [-0.2, -0.15) is 0 Å². The van der Waals surface area contributed by atoms with Gasteiger partial charge in [0.1, 0.15) is 0 Å². The van der Waals surface area contributed by atoms with Gasteiger partial charge in [-0.25, -0.2) is 0 Å². The van der Waals surface area contributed by atoms with E-state index in [-0.39, 0.29) is 18.4 Å². The summed E-state index contributed by atoms with van der Waals surface area (Å²) >= 11 is 2.75. The molecule has 0 spiro atoms. The number of aromatic nitrogens is 2. The van der Waals surface area contributed by atoms with Crippen LogP contribution in [0.25, 0.3) is 0 Å². The Hall–Kier alpha value is -0.721. The summed E-state index contributed by atoms with van der Waals surface area (Å²) in [4.78, 5) is 14.0. The van der Waals surface area contributed by atoms with Gasteiger partial charge >= 0.3 is 105 Å². The molecule has 7 heteroatoms. The van der Waals surface area contributed by atoms with Crippen molar-refractivity contribution >= 4 is 15.6 Å². The van der Waals surface area contributed by atoms with Crippen molar-refractivity contribution in [3.05, 3.63) is 26.4 Å². The van der Waals surface area contributed by atoms with Crippen LogP contribution in [0.3, 0.4) is 0 Å². The van der Waals surface area contributed by atoms with E-state index in [0.29, 0.717) is 16.3 Å². The van der Waals surface area contributed by atoms with Crippen molar-refractivity contribution in [1.82, 2.24) is 9.55 Å². The Labute approximate surface area is 105 Å². The normalized spacial score (nSPS) is 28.5. The van der Waals surface area contributed by atoms with Gasteiger partial charge in [0.15, 0.2) is 0 Å². The minimum atomic E-state index is -0.691. The number of nitrogens with zero attached hydrogens (tertiary/aromatic N) is 1. The second-order valence-corrected chi connectivity index (χ2v) is 4.90. The summed E-state index contributed by atoms with van der Waals surface area (Å²) in [7, 11) is 0. The number of rotatable bonds is 2. The maximum atomic E-state index is 11.4. The molecule has 0 amide bonds. The molecule has 0 aromatic carbocycles. The third-order valence-electron chi connectivity index (χ3n) is 2.84. The quantitative estimate of drug-likeness (QED) is 0.601. The molecule has 6 nitrogen and oxygen atoms in total. The molecule has 94 valence electrons. The van der Waals surface area contributed by atoms with Gasteiger partial charge in [-0.05, 0) is 0 Å². The monoisotopic (exact) mass is 306 g/mol. The van der Waals surface area contributed by atoms with E-state index in [0.717, 1.165) is 0 Å². The van der Waals surface area contributed by atoms with Crippen molar-refractivity contribution in [1.29, 1.82) is 0 Å². The third-order valence-corrected chi connectivity index (χ3v) is 3.50. The Balaban J connectivity index is 2.34. The first-order valence-electron chi connectivity index (χ1n) is 5.29. The zero-order valence-corrected chi connectivity index (χ0v) is 11.0. The van der Waals surface area contributed by atoms with E-state index in [1.165, 1.54) is 0 Å². The summed E-state index contributed by atoms with van der Waals surface area (Å²) in [5.41, 5.74) is 0.404. The predicted molar refractivity (Wildman–Crippen MR) is 60.4 cm³/mol. The van der Waals surface area contributed by atoms with Crippen LogP contribution < -0.4 is 5.56 Å². The van der Waals surface area contributed by atoms with Gasteiger partial charge in [0.05, 0.1) is 0 Å². The number of hydrogen-bond donors (Lipinski definition) is 3. The number of aromatic amines is 1. The third kappa shape index (κ3) is 2.43.